The molecule has 0 bridgehead atoms. The Morgan fingerprint density at radius 2 is 1.95 bits per heavy atom. The number of aliphatic carboxylic acids is 1. The normalized spacial score (nSPS) is 35.1. The van der Waals surface area contributed by atoms with E-state index >= 15 is 0 Å². The number of nitrogens with zero attached hydrogens (tertiary/aromatic N) is 1. The Bertz CT molecular complexity index is 323. The highest BCUT2D eigenvalue weighted by molar-refractivity contribution is 5.71. The summed E-state index contributed by atoms with van der Waals surface area (Å²) in [6.45, 7) is 3.70. The van der Waals surface area contributed by atoms with Crippen LogP contribution in [0, 0.1) is 5.92 Å². The van der Waals surface area contributed by atoms with Crippen molar-refractivity contribution in [2.24, 2.45) is 5.92 Å². The van der Waals surface area contributed by atoms with Crippen LogP contribution in [0.5, 0.6) is 0 Å². The van der Waals surface area contributed by atoms with Crippen LogP contribution in [0.4, 0.5) is 0 Å². The van der Waals surface area contributed by atoms with Gasteiger partial charge in [0.25, 0.3) is 0 Å². The highest BCUT2D eigenvalue weighted by Crippen LogP contribution is 2.29. The van der Waals surface area contributed by atoms with Crippen LogP contribution < -0.4 is 0 Å². The molecule has 0 aromatic rings. The van der Waals surface area contributed by atoms with Gasteiger partial charge in [0, 0.05) is 12.1 Å². The number of carboxylic acids is 1. The molecule has 2 aliphatic rings. The van der Waals surface area contributed by atoms with Gasteiger partial charge in [-0.15, -0.1) is 0 Å². The van der Waals surface area contributed by atoms with Gasteiger partial charge in [-0.3, -0.25) is 9.69 Å². The van der Waals surface area contributed by atoms with Gasteiger partial charge in [-0.05, 0) is 25.8 Å². The van der Waals surface area contributed by atoms with Gasteiger partial charge >= 0.3 is 5.97 Å². The quantitative estimate of drug-likeness (QED) is 0.749. The second-order valence-corrected chi connectivity index (χ2v) is 6.06. The van der Waals surface area contributed by atoms with Crippen LogP contribution in [0.2, 0.25) is 0 Å². The number of carboxylic acid groups (broad SMARTS) is 1. The van der Waals surface area contributed by atoms with E-state index in [0.717, 1.165) is 45.1 Å². The van der Waals surface area contributed by atoms with Crippen molar-refractivity contribution >= 4 is 5.97 Å². The number of ether oxygens (including phenoxy) is 1. The van der Waals surface area contributed by atoms with Gasteiger partial charge in [0.1, 0.15) is 0 Å². The van der Waals surface area contributed by atoms with Crippen LogP contribution in [0.25, 0.3) is 0 Å². The molecule has 0 aromatic heterocycles. The summed E-state index contributed by atoms with van der Waals surface area (Å²) in [7, 11) is 0. The monoisotopic (exact) mass is 285 g/mol. The molecule has 1 saturated carbocycles. The summed E-state index contributed by atoms with van der Waals surface area (Å²) in [6.07, 6.45) is 5.77. The van der Waals surface area contributed by atoms with Crippen LogP contribution in [-0.2, 0) is 9.53 Å². The van der Waals surface area contributed by atoms with E-state index in [4.69, 9.17) is 4.74 Å². The molecule has 1 saturated heterocycles. The molecule has 4 atom stereocenters. The van der Waals surface area contributed by atoms with E-state index in [2.05, 4.69) is 11.8 Å². The highest BCUT2D eigenvalue weighted by atomic mass is 16.5. The first-order valence-corrected chi connectivity index (χ1v) is 7.89. The summed E-state index contributed by atoms with van der Waals surface area (Å²) in [4.78, 5) is 13.6. The Morgan fingerprint density at radius 1 is 1.20 bits per heavy atom. The van der Waals surface area contributed by atoms with Crippen LogP contribution in [0.1, 0.15) is 45.4 Å². The van der Waals surface area contributed by atoms with E-state index in [0.29, 0.717) is 13.2 Å². The maximum atomic E-state index is 11.4. The van der Waals surface area contributed by atoms with Crippen LogP contribution in [-0.4, -0.2) is 59.0 Å². The Labute approximate surface area is 120 Å². The predicted molar refractivity (Wildman–Crippen MR) is 75.6 cm³/mol. The van der Waals surface area contributed by atoms with E-state index in [1.807, 2.05) is 0 Å². The highest BCUT2D eigenvalue weighted by Gasteiger charge is 2.41. The number of aliphatic hydroxyl groups excluding tert-OH is 1. The zero-order valence-corrected chi connectivity index (χ0v) is 12.3. The van der Waals surface area contributed by atoms with Crippen molar-refractivity contribution in [2.75, 3.05) is 19.8 Å². The minimum absolute atomic E-state index is 0.0889. The molecule has 0 radical (unpaired) electrons. The van der Waals surface area contributed by atoms with Crippen LogP contribution in [0.3, 0.4) is 0 Å². The minimum Gasteiger partial charge on any atom is -0.481 e. The number of aliphatic hydroxyl groups is 1. The SMILES string of the molecule is CCCN(C1CCCCCC1O)C1COCC1C(=O)O. The first-order chi connectivity index (χ1) is 9.65. The minimum atomic E-state index is -0.781. The molecule has 1 aliphatic heterocycles. The van der Waals surface area contributed by atoms with Crippen molar-refractivity contribution < 1.29 is 19.7 Å². The van der Waals surface area contributed by atoms with Crippen molar-refractivity contribution in [3.63, 3.8) is 0 Å². The summed E-state index contributed by atoms with van der Waals surface area (Å²) in [5.41, 5.74) is 0. The molecular formula is C15H27NO4. The van der Waals surface area contributed by atoms with Gasteiger partial charge in [-0.1, -0.05) is 26.2 Å². The van der Waals surface area contributed by atoms with Gasteiger partial charge < -0.3 is 14.9 Å². The van der Waals surface area contributed by atoms with E-state index in [9.17, 15) is 15.0 Å². The third-order valence-electron chi connectivity index (χ3n) is 4.65. The van der Waals surface area contributed by atoms with Gasteiger partial charge in [0.2, 0.25) is 0 Å². The van der Waals surface area contributed by atoms with Crippen molar-refractivity contribution in [2.45, 2.75) is 63.6 Å². The molecule has 116 valence electrons. The third-order valence-corrected chi connectivity index (χ3v) is 4.65. The maximum absolute atomic E-state index is 11.4. The van der Waals surface area contributed by atoms with Crippen LogP contribution in [0.15, 0.2) is 0 Å². The molecule has 2 fully saturated rings. The predicted octanol–water partition coefficient (Wildman–Crippen LogP) is 1.49. The van der Waals surface area contributed by atoms with Crippen molar-refractivity contribution in [1.82, 2.24) is 4.90 Å². The molecule has 1 aliphatic carbocycles. The molecule has 20 heavy (non-hydrogen) atoms. The Kier molecular flexibility index (Phi) is 5.81. The second-order valence-electron chi connectivity index (χ2n) is 6.06. The van der Waals surface area contributed by atoms with Gasteiger partial charge in [-0.25, -0.2) is 0 Å². The van der Waals surface area contributed by atoms with E-state index < -0.39 is 11.9 Å². The molecule has 1 heterocycles. The van der Waals surface area contributed by atoms with E-state index in [-0.39, 0.29) is 18.2 Å². The number of hydrogen-bond acceptors (Lipinski definition) is 4. The Morgan fingerprint density at radius 3 is 2.65 bits per heavy atom. The lowest BCUT2D eigenvalue weighted by Gasteiger charge is -2.39. The van der Waals surface area contributed by atoms with Crippen LogP contribution >= 0.6 is 0 Å². The first-order valence-electron chi connectivity index (χ1n) is 7.89. The third kappa shape index (κ3) is 3.51. The largest absolute Gasteiger partial charge is 0.481 e. The smallest absolute Gasteiger partial charge is 0.310 e. The molecule has 2 N–H and O–H groups in total. The zero-order valence-electron chi connectivity index (χ0n) is 12.3. The fourth-order valence-electron chi connectivity index (χ4n) is 3.60. The summed E-state index contributed by atoms with van der Waals surface area (Å²) >= 11 is 0. The fourth-order valence-corrected chi connectivity index (χ4v) is 3.60. The number of carbonyl (C=O) groups is 1. The molecule has 0 amide bonds. The standard InChI is InChI=1S/C15H27NO4/c1-2-8-16(12-6-4-3-5-7-14(12)17)13-10-20-9-11(13)15(18)19/h11-14,17H,2-10H2,1H3,(H,18,19). The molecule has 4 unspecified atom stereocenters. The molecule has 5 nitrogen and oxygen atoms in total. The number of hydrogen-bond donors (Lipinski definition) is 2. The molecule has 5 heteroatoms. The van der Waals surface area contributed by atoms with Gasteiger partial charge in [0.05, 0.1) is 25.2 Å². The maximum Gasteiger partial charge on any atom is 0.310 e. The number of rotatable bonds is 5. The Balaban J connectivity index is 2.14. The first kappa shape index (κ1) is 15.7. The van der Waals surface area contributed by atoms with Crippen molar-refractivity contribution in [3.05, 3.63) is 0 Å². The molecule has 0 aromatic carbocycles. The second kappa shape index (κ2) is 7.38. The lowest BCUT2D eigenvalue weighted by atomic mass is 9.96. The summed E-state index contributed by atoms with van der Waals surface area (Å²) in [5.74, 6) is -1.24. The summed E-state index contributed by atoms with van der Waals surface area (Å²) < 4.78 is 5.41. The average molecular weight is 285 g/mol. The summed E-state index contributed by atoms with van der Waals surface area (Å²) in [5, 5.41) is 19.8. The van der Waals surface area contributed by atoms with Crippen molar-refractivity contribution in [1.29, 1.82) is 0 Å². The average Bonchev–Trinajstić information content (AvgIpc) is 2.80. The fraction of sp³-hybridized carbons (Fsp3) is 0.933. The van der Waals surface area contributed by atoms with Gasteiger partial charge in [0.15, 0.2) is 0 Å². The van der Waals surface area contributed by atoms with Gasteiger partial charge in [-0.2, -0.15) is 0 Å². The van der Waals surface area contributed by atoms with Crippen molar-refractivity contribution in [3.8, 4) is 0 Å². The molecule has 2 rings (SSSR count). The molecular weight excluding hydrogens is 258 g/mol. The van der Waals surface area contributed by atoms with E-state index in [1.54, 1.807) is 0 Å². The Hall–Kier alpha value is -0.650. The molecule has 0 spiro atoms. The summed E-state index contributed by atoms with van der Waals surface area (Å²) in [6, 6.07) is -0.00352. The lowest BCUT2D eigenvalue weighted by molar-refractivity contribution is -0.144. The lowest BCUT2D eigenvalue weighted by Crippen LogP contribution is -2.52. The topological polar surface area (TPSA) is 70.0 Å². The van der Waals surface area contributed by atoms with E-state index in [1.165, 1.54) is 0 Å². The zero-order chi connectivity index (χ0) is 14.5.